The Morgan fingerprint density at radius 2 is 1.94 bits per heavy atom. The van der Waals surface area contributed by atoms with Crippen LogP contribution in [0.2, 0.25) is 0 Å². The van der Waals surface area contributed by atoms with Crippen LogP contribution < -0.4 is 5.73 Å². The molecule has 0 aliphatic carbocycles. The molecule has 3 N–H and O–H groups in total. The molecule has 0 fully saturated rings. The predicted octanol–water partition coefficient (Wildman–Crippen LogP) is 1.01. The molecule has 5 nitrogen and oxygen atoms in total. The molecule has 0 spiro atoms. The van der Waals surface area contributed by atoms with Crippen molar-refractivity contribution in [3.63, 3.8) is 0 Å². The second-order valence-corrected chi connectivity index (χ2v) is 3.95. The number of likely N-dealkylation sites (N-methyl/N-ethyl adjacent to an activating group) is 1. The third-order valence-corrected chi connectivity index (χ3v) is 2.71. The number of benzene rings is 1. The zero-order valence-corrected chi connectivity index (χ0v) is 10.4. The molecule has 1 atom stereocenters. The van der Waals surface area contributed by atoms with Crippen molar-refractivity contribution in [3.05, 3.63) is 35.9 Å². The Balaban J connectivity index is 2.69. The standard InChI is InChI=1S/C13H18N2O3/c1-2-15(9-8-11(16)17)13(18)12(14)10-6-4-3-5-7-10/h3-7,12H,2,8-9,14H2,1H3,(H,16,17)/t12-/m1/s1. The SMILES string of the molecule is CCN(CCC(=O)O)C(=O)[C@H](N)c1ccccc1. The third kappa shape index (κ3) is 3.85. The van der Waals surface area contributed by atoms with Gasteiger partial charge < -0.3 is 15.7 Å². The summed E-state index contributed by atoms with van der Waals surface area (Å²) in [5, 5.41) is 8.63. The van der Waals surface area contributed by atoms with E-state index in [9.17, 15) is 9.59 Å². The first-order valence-electron chi connectivity index (χ1n) is 5.87. The van der Waals surface area contributed by atoms with E-state index >= 15 is 0 Å². The molecule has 18 heavy (non-hydrogen) atoms. The molecule has 1 rings (SSSR count). The first-order valence-corrected chi connectivity index (χ1v) is 5.87. The van der Waals surface area contributed by atoms with E-state index in [1.165, 1.54) is 4.90 Å². The van der Waals surface area contributed by atoms with Gasteiger partial charge in [-0.1, -0.05) is 30.3 Å². The fraction of sp³-hybridized carbons (Fsp3) is 0.385. The molecular formula is C13H18N2O3. The van der Waals surface area contributed by atoms with E-state index in [1.807, 2.05) is 18.2 Å². The van der Waals surface area contributed by atoms with Crippen molar-refractivity contribution >= 4 is 11.9 Å². The van der Waals surface area contributed by atoms with Gasteiger partial charge in [0, 0.05) is 13.1 Å². The van der Waals surface area contributed by atoms with Crippen LogP contribution in [-0.2, 0) is 9.59 Å². The van der Waals surface area contributed by atoms with Gasteiger partial charge in [-0.25, -0.2) is 0 Å². The average Bonchev–Trinajstić information content (AvgIpc) is 2.39. The Kier molecular flexibility index (Phi) is 5.32. The summed E-state index contributed by atoms with van der Waals surface area (Å²) in [5.74, 6) is -1.17. The van der Waals surface area contributed by atoms with E-state index in [0.29, 0.717) is 6.54 Å². The molecule has 0 heterocycles. The fourth-order valence-corrected chi connectivity index (χ4v) is 1.65. The number of hydrogen-bond donors (Lipinski definition) is 2. The third-order valence-electron chi connectivity index (χ3n) is 2.71. The Bertz CT molecular complexity index is 406. The van der Waals surface area contributed by atoms with Crippen molar-refractivity contribution in [2.45, 2.75) is 19.4 Å². The first-order chi connectivity index (χ1) is 8.56. The van der Waals surface area contributed by atoms with Gasteiger partial charge >= 0.3 is 5.97 Å². The van der Waals surface area contributed by atoms with Crippen LogP contribution in [0, 0.1) is 0 Å². The lowest BCUT2D eigenvalue weighted by atomic mass is 10.1. The maximum Gasteiger partial charge on any atom is 0.305 e. The van der Waals surface area contributed by atoms with Crippen LogP contribution in [0.15, 0.2) is 30.3 Å². The lowest BCUT2D eigenvalue weighted by Crippen LogP contribution is -2.39. The highest BCUT2D eigenvalue weighted by Gasteiger charge is 2.21. The highest BCUT2D eigenvalue weighted by molar-refractivity contribution is 5.83. The highest BCUT2D eigenvalue weighted by Crippen LogP contribution is 2.12. The monoisotopic (exact) mass is 250 g/mol. The van der Waals surface area contributed by atoms with Gasteiger partial charge in [0.25, 0.3) is 0 Å². The average molecular weight is 250 g/mol. The van der Waals surface area contributed by atoms with Gasteiger partial charge in [0.15, 0.2) is 0 Å². The summed E-state index contributed by atoms with van der Waals surface area (Å²) in [5.41, 5.74) is 6.62. The van der Waals surface area contributed by atoms with Crippen LogP contribution in [0.3, 0.4) is 0 Å². The van der Waals surface area contributed by atoms with Gasteiger partial charge in [0.05, 0.1) is 6.42 Å². The lowest BCUT2D eigenvalue weighted by molar-refractivity contribution is -0.138. The van der Waals surface area contributed by atoms with Gasteiger partial charge in [-0.05, 0) is 12.5 Å². The van der Waals surface area contributed by atoms with Gasteiger partial charge in [-0.3, -0.25) is 9.59 Å². The van der Waals surface area contributed by atoms with Gasteiger partial charge in [0.1, 0.15) is 6.04 Å². The fourth-order valence-electron chi connectivity index (χ4n) is 1.65. The smallest absolute Gasteiger partial charge is 0.305 e. The number of rotatable bonds is 6. The zero-order valence-electron chi connectivity index (χ0n) is 10.4. The van der Waals surface area contributed by atoms with E-state index in [4.69, 9.17) is 10.8 Å². The summed E-state index contributed by atoms with van der Waals surface area (Å²) >= 11 is 0. The van der Waals surface area contributed by atoms with Gasteiger partial charge in [-0.2, -0.15) is 0 Å². The quantitative estimate of drug-likeness (QED) is 0.789. The van der Waals surface area contributed by atoms with Crippen molar-refractivity contribution in [3.8, 4) is 0 Å². The van der Waals surface area contributed by atoms with Crippen LogP contribution in [0.4, 0.5) is 0 Å². The zero-order chi connectivity index (χ0) is 13.5. The molecule has 5 heteroatoms. The van der Waals surface area contributed by atoms with Crippen molar-refractivity contribution < 1.29 is 14.7 Å². The van der Waals surface area contributed by atoms with E-state index < -0.39 is 12.0 Å². The summed E-state index contributed by atoms with van der Waals surface area (Å²) in [6.45, 7) is 2.44. The number of carbonyl (C=O) groups excluding carboxylic acids is 1. The van der Waals surface area contributed by atoms with Crippen molar-refractivity contribution in [2.24, 2.45) is 5.73 Å². The number of carboxylic acid groups (broad SMARTS) is 1. The van der Waals surface area contributed by atoms with Crippen molar-refractivity contribution in [1.82, 2.24) is 4.90 Å². The molecule has 0 saturated heterocycles. The van der Waals surface area contributed by atoms with Crippen LogP contribution in [0.5, 0.6) is 0 Å². The second kappa shape index (κ2) is 6.76. The first kappa shape index (κ1) is 14.2. The van der Waals surface area contributed by atoms with E-state index in [1.54, 1.807) is 19.1 Å². The highest BCUT2D eigenvalue weighted by atomic mass is 16.4. The minimum Gasteiger partial charge on any atom is -0.481 e. The molecule has 0 aliphatic heterocycles. The number of carboxylic acids is 1. The molecule has 0 unspecified atom stereocenters. The number of carbonyl (C=O) groups is 2. The van der Waals surface area contributed by atoms with Crippen molar-refractivity contribution in [2.75, 3.05) is 13.1 Å². The summed E-state index contributed by atoms with van der Waals surface area (Å²) in [6, 6.07) is 8.32. The number of nitrogens with two attached hydrogens (primary N) is 1. The molecular weight excluding hydrogens is 232 g/mol. The van der Waals surface area contributed by atoms with Crippen LogP contribution >= 0.6 is 0 Å². The van der Waals surface area contributed by atoms with Crippen LogP contribution in [0.1, 0.15) is 24.9 Å². The summed E-state index contributed by atoms with van der Waals surface area (Å²) in [4.78, 5) is 24.1. The molecule has 1 amide bonds. The number of nitrogens with zero attached hydrogens (tertiary/aromatic N) is 1. The molecule has 0 saturated carbocycles. The Hall–Kier alpha value is -1.88. The summed E-state index contributed by atoms with van der Waals surface area (Å²) in [6.07, 6.45) is -0.0684. The van der Waals surface area contributed by atoms with E-state index in [0.717, 1.165) is 5.56 Å². The van der Waals surface area contributed by atoms with Crippen LogP contribution in [0.25, 0.3) is 0 Å². The van der Waals surface area contributed by atoms with E-state index in [2.05, 4.69) is 0 Å². The van der Waals surface area contributed by atoms with Gasteiger partial charge in [0.2, 0.25) is 5.91 Å². The predicted molar refractivity (Wildman–Crippen MR) is 67.9 cm³/mol. The van der Waals surface area contributed by atoms with Gasteiger partial charge in [-0.15, -0.1) is 0 Å². The summed E-state index contributed by atoms with van der Waals surface area (Å²) in [7, 11) is 0. The minimum absolute atomic E-state index is 0.0684. The molecule has 1 aromatic carbocycles. The number of amides is 1. The van der Waals surface area contributed by atoms with E-state index in [-0.39, 0.29) is 18.9 Å². The molecule has 0 bridgehead atoms. The molecule has 0 aliphatic rings. The summed E-state index contributed by atoms with van der Waals surface area (Å²) < 4.78 is 0. The molecule has 0 aromatic heterocycles. The Morgan fingerprint density at radius 1 is 1.33 bits per heavy atom. The second-order valence-electron chi connectivity index (χ2n) is 3.95. The minimum atomic E-state index is -0.922. The van der Waals surface area contributed by atoms with Crippen LogP contribution in [-0.4, -0.2) is 35.0 Å². The largest absolute Gasteiger partial charge is 0.481 e. The Morgan fingerprint density at radius 3 is 2.44 bits per heavy atom. The molecule has 1 aromatic rings. The maximum absolute atomic E-state index is 12.1. The molecule has 0 radical (unpaired) electrons. The number of hydrogen-bond acceptors (Lipinski definition) is 3. The lowest BCUT2D eigenvalue weighted by Gasteiger charge is -2.23. The molecule has 98 valence electrons. The van der Waals surface area contributed by atoms with Crippen molar-refractivity contribution in [1.29, 1.82) is 0 Å². The topological polar surface area (TPSA) is 83.6 Å². The number of aliphatic carboxylic acids is 1. The maximum atomic E-state index is 12.1. The normalized spacial score (nSPS) is 11.9. The Labute approximate surface area is 106 Å².